The van der Waals surface area contributed by atoms with E-state index in [4.69, 9.17) is 0 Å². The molecule has 3 nitrogen and oxygen atoms in total. The number of hydrogen-bond acceptors (Lipinski definition) is 1. The molecule has 0 amide bonds. The van der Waals surface area contributed by atoms with Crippen molar-refractivity contribution in [1.29, 1.82) is 0 Å². The average Bonchev–Trinajstić information content (AvgIpc) is 3.34. The molecule has 5 rings (SSSR count). The first-order chi connectivity index (χ1) is 14.0. The largest absolute Gasteiger partial charge is 0.361 e. The van der Waals surface area contributed by atoms with Gasteiger partial charge in [-0.25, -0.2) is 4.39 Å². The predicted octanol–water partition coefficient (Wildman–Crippen LogP) is 7.23. The number of H-pyrrole nitrogens is 2. The van der Waals surface area contributed by atoms with Crippen LogP contribution in [0, 0.1) is 5.82 Å². The molecule has 2 heterocycles. The smallest absolute Gasteiger partial charge is 0.195 e. The summed E-state index contributed by atoms with van der Waals surface area (Å²) in [5.74, 6) is -0.601. The molecule has 5 aromatic rings. The molecule has 2 aromatic heterocycles. The number of rotatable bonds is 2. The van der Waals surface area contributed by atoms with Crippen LogP contribution in [0.4, 0.5) is 4.39 Å². The number of hydrogen-bond donors (Lipinski definition) is 2. The third-order valence-electron chi connectivity index (χ3n) is 4.49. The number of fused-ring (bicyclic) bond motifs is 2. The Hall–Kier alpha value is -2.70. The quantitative estimate of drug-likeness (QED) is 0.240. The second-order valence-electron chi connectivity index (χ2n) is 6.44. The van der Waals surface area contributed by atoms with Gasteiger partial charge in [-0.05, 0) is 54.6 Å². The van der Waals surface area contributed by atoms with Crippen LogP contribution in [0.2, 0.25) is 0 Å². The minimum absolute atomic E-state index is 0.191. The lowest BCUT2D eigenvalue weighted by Crippen LogP contribution is -2.00. The van der Waals surface area contributed by atoms with Crippen molar-refractivity contribution in [1.82, 2.24) is 9.97 Å². The maximum atomic E-state index is 13.2. The lowest BCUT2D eigenvalue weighted by atomic mass is 10.0. The van der Waals surface area contributed by atoms with E-state index in [-0.39, 0.29) is 5.78 Å². The second-order valence-corrected chi connectivity index (χ2v) is 8.27. The number of ketones is 1. The van der Waals surface area contributed by atoms with Crippen LogP contribution in [0.25, 0.3) is 21.8 Å². The molecule has 0 bridgehead atoms. The van der Waals surface area contributed by atoms with E-state index in [1.807, 2.05) is 30.5 Å². The Kier molecular flexibility index (Phi) is 5.65. The Bertz CT molecular complexity index is 1320. The molecule has 0 fully saturated rings. The van der Waals surface area contributed by atoms with Gasteiger partial charge in [-0.3, -0.25) is 4.79 Å². The van der Waals surface area contributed by atoms with Gasteiger partial charge in [0.25, 0.3) is 0 Å². The fourth-order valence-corrected chi connectivity index (χ4v) is 3.83. The summed E-state index contributed by atoms with van der Waals surface area (Å²) < 4.78 is 15.2. The van der Waals surface area contributed by atoms with Crippen molar-refractivity contribution < 1.29 is 9.18 Å². The van der Waals surface area contributed by atoms with Gasteiger partial charge in [-0.15, -0.1) is 0 Å². The Morgan fingerprint density at radius 3 is 2.38 bits per heavy atom. The SMILES string of the molecule is Brc1ccc2[nH]ccc2c1.O=C(c1cccc(F)c1)c1c[nH]c2ccc(Br)cc12. The Morgan fingerprint density at radius 1 is 0.828 bits per heavy atom. The topological polar surface area (TPSA) is 48.6 Å². The number of carbonyl (C=O) groups is 1. The van der Waals surface area contributed by atoms with Crippen LogP contribution >= 0.6 is 31.9 Å². The van der Waals surface area contributed by atoms with Crippen molar-refractivity contribution in [2.45, 2.75) is 0 Å². The summed E-state index contributed by atoms with van der Waals surface area (Å²) in [5, 5.41) is 2.07. The number of aromatic nitrogens is 2. The number of aromatic amines is 2. The molecule has 0 aliphatic heterocycles. The number of nitrogens with one attached hydrogen (secondary N) is 2. The van der Waals surface area contributed by atoms with E-state index in [0.29, 0.717) is 11.1 Å². The van der Waals surface area contributed by atoms with Crippen molar-refractivity contribution in [2.75, 3.05) is 0 Å². The Balaban J connectivity index is 0.000000171. The summed E-state index contributed by atoms with van der Waals surface area (Å²) in [6.45, 7) is 0. The van der Waals surface area contributed by atoms with E-state index in [0.717, 1.165) is 19.8 Å². The minimum atomic E-state index is -0.410. The van der Waals surface area contributed by atoms with E-state index in [1.54, 1.807) is 12.3 Å². The normalized spacial score (nSPS) is 10.7. The van der Waals surface area contributed by atoms with Gasteiger partial charge in [0.1, 0.15) is 5.82 Å². The fraction of sp³-hybridized carbons (Fsp3) is 0. The third kappa shape index (κ3) is 4.33. The van der Waals surface area contributed by atoms with Crippen molar-refractivity contribution in [3.63, 3.8) is 0 Å². The zero-order valence-electron chi connectivity index (χ0n) is 15.0. The van der Waals surface area contributed by atoms with Gasteiger partial charge in [0, 0.05) is 54.3 Å². The van der Waals surface area contributed by atoms with E-state index in [2.05, 4.69) is 60.0 Å². The molecular formula is C23H15Br2FN2O. The van der Waals surface area contributed by atoms with Crippen LogP contribution in [-0.4, -0.2) is 15.8 Å². The first kappa shape index (κ1) is 19.6. The van der Waals surface area contributed by atoms with Crippen LogP contribution in [-0.2, 0) is 0 Å². The maximum Gasteiger partial charge on any atom is 0.195 e. The van der Waals surface area contributed by atoms with Crippen LogP contribution in [0.3, 0.4) is 0 Å². The van der Waals surface area contributed by atoms with Crippen molar-refractivity contribution >= 4 is 59.4 Å². The lowest BCUT2D eigenvalue weighted by molar-refractivity contribution is 0.104. The molecule has 0 saturated heterocycles. The van der Waals surface area contributed by atoms with Gasteiger partial charge in [0.2, 0.25) is 0 Å². The highest BCUT2D eigenvalue weighted by atomic mass is 79.9. The molecule has 0 unspecified atom stereocenters. The van der Waals surface area contributed by atoms with E-state index < -0.39 is 5.82 Å². The second kappa shape index (κ2) is 8.35. The molecule has 3 aromatic carbocycles. The average molecular weight is 514 g/mol. The molecule has 2 N–H and O–H groups in total. The fourth-order valence-electron chi connectivity index (χ4n) is 3.09. The number of carbonyl (C=O) groups excluding carboxylic acids is 1. The molecule has 6 heteroatoms. The van der Waals surface area contributed by atoms with E-state index in [1.165, 1.54) is 29.1 Å². The Labute approximate surface area is 183 Å². The molecule has 0 aliphatic rings. The number of benzene rings is 3. The van der Waals surface area contributed by atoms with E-state index in [9.17, 15) is 9.18 Å². The molecule has 0 spiro atoms. The van der Waals surface area contributed by atoms with Crippen molar-refractivity contribution in [2.24, 2.45) is 0 Å². The summed E-state index contributed by atoms with van der Waals surface area (Å²) in [7, 11) is 0. The van der Waals surface area contributed by atoms with Crippen LogP contribution in [0.1, 0.15) is 15.9 Å². The van der Waals surface area contributed by atoms with E-state index >= 15 is 0 Å². The van der Waals surface area contributed by atoms with Crippen LogP contribution in [0.15, 0.2) is 88.1 Å². The van der Waals surface area contributed by atoms with Crippen molar-refractivity contribution in [3.8, 4) is 0 Å². The first-order valence-electron chi connectivity index (χ1n) is 8.81. The monoisotopic (exact) mass is 512 g/mol. The Morgan fingerprint density at radius 2 is 1.59 bits per heavy atom. The van der Waals surface area contributed by atoms with Crippen LogP contribution < -0.4 is 0 Å². The summed E-state index contributed by atoms with van der Waals surface area (Å²) in [4.78, 5) is 18.6. The molecule has 0 saturated carbocycles. The molecule has 29 heavy (non-hydrogen) atoms. The zero-order chi connectivity index (χ0) is 20.4. The molecule has 0 radical (unpaired) electrons. The standard InChI is InChI=1S/C15H9BrFNO.C8H6BrN/c16-10-4-5-14-12(7-10)13(8-18-14)15(19)9-2-1-3-11(17)6-9;9-7-1-2-8-6(5-7)3-4-10-8/h1-8,18H;1-5,10H. The van der Waals surface area contributed by atoms with Gasteiger partial charge < -0.3 is 9.97 Å². The third-order valence-corrected chi connectivity index (χ3v) is 5.48. The highest BCUT2D eigenvalue weighted by molar-refractivity contribution is 9.10. The van der Waals surface area contributed by atoms with Gasteiger partial charge in [-0.1, -0.05) is 44.0 Å². The molecule has 144 valence electrons. The van der Waals surface area contributed by atoms with Gasteiger partial charge in [0.05, 0.1) is 0 Å². The van der Waals surface area contributed by atoms with Gasteiger partial charge in [-0.2, -0.15) is 0 Å². The molecular weight excluding hydrogens is 499 g/mol. The summed E-state index contributed by atoms with van der Waals surface area (Å²) in [6.07, 6.45) is 3.60. The van der Waals surface area contributed by atoms with Crippen molar-refractivity contribution in [3.05, 3.63) is 105 Å². The molecule has 0 aliphatic carbocycles. The van der Waals surface area contributed by atoms with Gasteiger partial charge in [0.15, 0.2) is 5.78 Å². The molecule has 0 atom stereocenters. The van der Waals surface area contributed by atoms with Crippen LogP contribution in [0.5, 0.6) is 0 Å². The summed E-state index contributed by atoms with van der Waals surface area (Å²) in [6, 6.07) is 19.6. The lowest BCUT2D eigenvalue weighted by Gasteiger charge is -2.00. The van der Waals surface area contributed by atoms with Gasteiger partial charge >= 0.3 is 0 Å². The first-order valence-corrected chi connectivity index (χ1v) is 10.4. The minimum Gasteiger partial charge on any atom is -0.361 e. The zero-order valence-corrected chi connectivity index (χ0v) is 18.2. The highest BCUT2D eigenvalue weighted by Crippen LogP contribution is 2.25. The maximum absolute atomic E-state index is 13.2. The number of halogens is 3. The predicted molar refractivity (Wildman–Crippen MR) is 122 cm³/mol. The highest BCUT2D eigenvalue weighted by Gasteiger charge is 2.14. The summed E-state index contributed by atoms with van der Waals surface area (Å²) in [5.41, 5.74) is 2.95. The summed E-state index contributed by atoms with van der Waals surface area (Å²) >= 11 is 6.79.